The number of alkyl halides is 2. The maximum absolute atomic E-state index is 13.1. The summed E-state index contributed by atoms with van der Waals surface area (Å²) < 4.78 is -1.35. The van der Waals surface area contributed by atoms with E-state index < -0.39 is 28.0 Å². The monoisotopic (exact) mass is 659 g/mol. The van der Waals surface area contributed by atoms with Crippen molar-refractivity contribution in [3.05, 3.63) is 123 Å². The van der Waals surface area contributed by atoms with Crippen LogP contribution >= 0.6 is 58.0 Å². The summed E-state index contributed by atoms with van der Waals surface area (Å²) in [4.78, 5) is 38.5. The van der Waals surface area contributed by atoms with Crippen LogP contribution in [0.3, 0.4) is 0 Å². The zero-order valence-corrected chi connectivity index (χ0v) is 25.4. The van der Waals surface area contributed by atoms with Crippen molar-refractivity contribution in [1.29, 1.82) is 0 Å². The first-order valence-corrected chi connectivity index (χ1v) is 14.6. The first kappa shape index (κ1) is 30.2. The van der Waals surface area contributed by atoms with Crippen molar-refractivity contribution in [2.24, 2.45) is 5.92 Å². The largest absolute Gasteiger partial charge is 0.326 e. The molecule has 1 saturated carbocycles. The summed E-state index contributed by atoms with van der Waals surface area (Å²) in [6, 6.07) is 25.5. The van der Waals surface area contributed by atoms with Crippen LogP contribution in [0.1, 0.15) is 27.4 Å². The van der Waals surface area contributed by atoms with Gasteiger partial charge in [-0.3, -0.25) is 14.4 Å². The smallest absolute Gasteiger partial charge is 0.257 e. The highest BCUT2D eigenvalue weighted by atomic mass is 35.5. The molecule has 2 atom stereocenters. The van der Waals surface area contributed by atoms with E-state index in [9.17, 15) is 14.4 Å². The van der Waals surface area contributed by atoms with Gasteiger partial charge in [0.1, 0.15) is 4.33 Å². The van der Waals surface area contributed by atoms with Gasteiger partial charge in [0.15, 0.2) is 0 Å². The Bertz CT molecular complexity index is 1640. The lowest BCUT2D eigenvalue weighted by Gasteiger charge is -2.11. The van der Waals surface area contributed by atoms with E-state index in [-0.39, 0.29) is 22.9 Å². The zero-order valence-electron chi connectivity index (χ0n) is 21.6. The number of benzene rings is 4. The summed E-state index contributed by atoms with van der Waals surface area (Å²) in [5, 5.41) is 9.37. The van der Waals surface area contributed by atoms with Gasteiger partial charge in [0.2, 0.25) is 11.8 Å². The average Bonchev–Trinajstić information content (AvgIpc) is 3.52. The van der Waals surface area contributed by atoms with Crippen LogP contribution in [0.15, 0.2) is 91.0 Å². The van der Waals surface area contributed by atoms with Crippen LogP contribution in [0.4, 0.5) is 17.1 Å². The number of halogens is 5. The van der Waals surface area contributed by atoms with Crippen molar-refractivity contribution in [2.75, 3.05) is 16.0 Å². The van der Waals surface area contributed by atoms with Gasteiger partial charge in [-0.1, -0.05) is 65.1 Å². The molecule has 0 radical (unpaired) electrons. The van der Waals surface area contributed by atoms with E-state index in [4.69, 9.17) is 58.0 Å². The van der Waals surface area contributed by atoms with Gasteiger partial charge in [0.25, 0.3) is 5.91 Å². The molecule has 3 N–H and O–H groups in total. The summed E-state index contributed by atoms with van der Waals surface area (Å²) in [6.45, 7) is 0. The molecule has 42 heavy (non-hydrogen) atoms. The van der Waals surface area contributed by atoms with Gasteiger partial charge < -0.3 is 16.0 Å². The molecule has 4 aromatic carbocycles. The SMILES string of the molecule is O=C(Cc1ccccc1)Nc1ccc(NC(=O)c2cc(NC(=O)[C@@H]3[C@@H](c4cc(Cl)cc(Cl)c4)C3(Cl)Cl)ccc2Cl)cc1. The molecular weight excluding hydrogens is 640 g/mol. The van der Waals surface area contributed by atoms with Crippen molar-refractivity contribution in [3.8, 4) is 0 Å². The van der Waals surface area contributed by atoms with Crippen molar-refractivity contribution in [1.82, 2.24) is 0 Å². The molecule has 0 unspecified atom stereocenters. The maximum Gasteiger partial charge on any atom is 0.257 e. The summed E-state index contributed by atoms with van der Waals surface area (Å²) in [5.41, 5.74) is 3.11. The minimum Gasteiger partial charge on any atom is -0.326 e. The molecule has 0 aliphatic heterocycles. The van der Waals surface area contributed by atoms with E-state index in [1.807, 2.05) is 30.3 Å². The average molecular weight is 662 g/mol. The van der Waals surface area contributed by atoms with E-state index in [1.165, 1.54) is 12.1 Å². The fourth-order valence-electron chi connectivity index (χ4n) is 4.64. The van der Waals surface area contributed by atoms with E-state index in [1.54, 1.807) is 48.5 Å². The molecule has 1 aliphatic carbocycles. The Balaban J connectivity index is 1.21. The second-order valence-corrected chi connectivity index (χ2v) is 12.5. The van der Waals surface area contributed by atoms with Crippen molar-refractivity contribution < 1.29 is 14.4 Å². The molecule has 6 nitrogen and oxygen atoms in total. The van der Waals surface area contributed by atoms with Gasteiger partial charge in [-0.05, 0) is 71.8 Å². The minimum atomic E-state index is -1.35. The molecule has 214 valence electrons. The lowest BCUT2D eigenvalue weighted by atomic mass is 10.1. The van der Waals surface area contributed by atoms with E-state index in [2.05, 4.69) is 16.0 Å². The van der Waals surface area contributed by atoms with Crippen molar-refractivity contribution in [2.45, 2.75) is 16.7 Å². The van der Waals surface area contributed by atoms with Crippen molar-refractivity contribution in [3.63, 3.8) is 0 Å². The van der Waals surface area contributed by atoms with Crippen LogP contribution in [0.2, 0.25) is 15.1 Å². The number of rotatable bonds is 8. The van der Waals surface area contributed by atoms with Gasteiger partial charge in [-0.2, -0.15) is 0 Å². The summed E-state index contributed by atoms with van der Waals surface area (Å²) >= 11 is 31.4. The van der Waals surface area contributed by atoms with E-state index in [0.29, 0.717) is 32.7 Å². The Morgan fingerprint density at radius 3 is 1.93 bits per heavy atom. The third kappa shape index (κ3) is 7.02. The lowest BCUT2D eigenvalue weighted by molar-refractivity contribution is -0.117. The first-order chi connectivity index (χ1) is 20.0. The number of anilines is 3. The molecule has 1 aliphatic rings. The number of hydrogen-bond acceptors (Lipinski definition) is 3. The topological polar surface area (TPSA) is 87.3 Å². The molecular formula is C31H22Cl5N3O3. The fraction of sp³-hybridized carbons (Fsp3) is 0.129. The van der Waals surface area contributed by atoms with Crippen LogP contribution < -0.4 is 16.0 Å². The number of hydrogen-bond donors (Lipinski definition) is 3. The third-order valence-corrected chi connectivity index (χ3v) is 8.40. The van der Waals surface area contributed by atoms with Crippen LogP contribution in [0.25, 0.3) is 0 Å². The summed E-state index contributed by atoms with van der Waals surface area (Å²) in [5.74, 6) is -2.36. The van der Waals surface area contributed by atoms with Crippen LogP contribution in [0, 0.1) is 5.92 Å². The predicted molar refractivity (Wildman–Crippen MR) is 170 cm³/mol. The summed E-state index contributed by atoms with van der Waals surface area (Å²) in [6.07, 6.45) is 0.248. The second-order valence-electron chi connectivity index (χ2n) is 9.76. The maximum atomic E-state index is 13.1. The highest BCUT2D eigenvalue weighted by Gasteiger charge is 2.67. The molecule has 11 heteroatoms. The molecule has 1 fully saturated rings. The van der Waals surface area contributed by atoms with E-state index >= 15 is 0 Å². The molecule has 0 spiro atoms. The molecule has 0 saturated heterocycles. The molecule has 4 aromatic rings. The Labute approximate surface area is 267 Å². The molecule has 0 heterocycles. The number of carbonyl (C=O) groups excluding carboxylic acids is 3. The Morgan fingerprint density at radius 2 is 1.29 bits per heavy atom. The van der Waals surface area contributed by atoms with Crippen molar-refractivity contribution >= 4 is 92.8 Å². The number of nitrogens with one attached hydrogen (secondary N) is 3. The van der Waals surface area contributed by atoms with Gasteiger partial charge in [0.05, 0.1) is 22.9 Å². The predicted octanol–water partition coefficient (Wildman–Crippen LogP) is 8.61. The Kier molecular flexibility index (Phi) is 9.02. The number of amides is 3. The van der Waals surface area contributed by atoms with Gasteiger partial charge in [-0.25, -0.2) is 0 Å². The standard InChI is InChI=1S/C31H22Cl5N3O3/c32-19-13-18(14-20(33)15-19)27-28(31(27,35)36)30(42)39-23-10-11-25(34)24(16-23)29(41)38-22-8-6-21(7-9-22)37-26(40)12-17-4-2-1-3-5-17/h1-11,13-16,27-28H,12H2,(H,37,40)(H,38,41)(H,39,42)/t27-,28+/m1/s1. The highest BCUT2D eigenvalue weighted by molar-refractivity contribution is 6.53. The molecule has 0 bridgehead atoms. The normalized spacial score (nSPS) is 16.8. The van der Waals surface area contributed by atoms with Crippen LogP contribution in [0.5, 0.6) is 0 Å². The summed E-state index contributed by atoms with van der Waals surface area (Å²) in [7, 11) is 0. The number of carbonyl (C=O) groups is 3. The lowest BCUT2D eigenvalue weighted by Crippen LogP contribution is -2.18. The molecule has 5 rings (SSSR count). The Hall–Kier alpha value is -3.26. The fourth-order valence-corrected chi connectivity index (χ4v) is 6.22. The minimum absolute atomic E-state index is 0.145. The van der Waals surface area contributed by atoms with Gasteiger partial charge in [-0.15, -0.1) is 23.2 Å². The van der Waals surface area contributed by atoms with E-state index in [0.717, 1.165) is 5.56 Å². The Morgan fingerprint density at radius 1 is 0.690 bits per heavy atom. The molecule has 0 aromatic heterocycles. The van der Waals surface area contributed by atoms with Gasteiger partial charge >= 0.3 is 0 Å². The third-order valence-electron chi connectivity index (χ3n) is 6.69. The second kappa shape index (κ2) is 12.5. The molecule has 3 amide bonds. The highest BCUT2D eigenvalue weighted by Crippen LogP contribution is 2.65. The zero-order chi connectivity index (χ0) is 30.0. The van der Waals surface area contributed by atoms with Gasteiger partial charge in [0, 0.05) is 33.0 Å². The van der Waals surface area contributed by atoms with Crippen LogP contribution in [-0.4, -0.2) is 22.1 Å². The van der Waals surface area contributed by atoms with Crippen LogP contribution in [-0.2, 0) is 16.0 Å². The first-order valence-electron chi connectivity index (χ1n) is 12.7. The quantitative estimate of drug-likeness (QED) is 0.165.